The Labute approximate surface area is 120 Å². The van der Waals surface area contributed by atoms with Gasteiger partial charge in [-0.15, -0.1) is 10.2 Å². The smallest absolute Gasteiger partial charge is 0.165 e. The van der Waals surface area contributed by atoms with Crippen molar-refractivity contribution in [1.82, 2.24) is 14.8 Å². The third kappa shape index (κ3) is 2.42. The summed E-state index contributed by atoms with van der Waals surface area (Å²) in [4.78, 5) is 0. The topological polar surface area (TPSA) is 42.7 Å². The summed E-state index contributed by atoms with van der Waals surface area (Å²) in [5, 5.41) is 12.0. The lowest BCUT2D eigenvalue weighted by atomic mass is 10.00. The first-order valence-electron chi connectivity index (χ1n) is 7.49. The third-order valence-electron chi connectivity index (χ3n) is 4.40. The van der Waals surface area contributed by atoms with Crippen molar-refractivity contribution in [2.24, 2.45) is 13.0 Å². The molecule has 3 rings (SSSR count). The predicted octanol–water partition coefficient (Wildman–Crippen LogP) is 3.47. The highest BCUT2D eigenvalue weighted by Gasteiger charge is 2.26. The first-order chi connectivity index (χ1) is 9.79. The quantitative estimate of drug-likeness (QED) is 0.925. The molecule has 4 nitrogen and oxygen atoms in total. The summed E-state index contributed by atoms with van der Waals surface area (Å²) < 4.78 is 1.96. The molecule has 2 aromatic rings. The number of rotatable bonds is 4. The van der Waals surface area contributed by atoms with Gasteiger partial charge in [0, 0.05) is 24.3 Å². The average Bonchev–Trinajstić information content (AvgIpc) is 3.08. The van der Waals surface area contributed by atoms with Crippen LogP contribution in [0, 0.1) is 5.92 Å². The van der Waals surface area contributed by atoms with E-state index in [1.165, 1.54) is 31.4 Å². The zero-order chi connectivity index (χ0) is 13.9. The minimum atomic E-state index is 0.592. The molecule has 0 saturated heterocycles. The Hall–Kier alpha value is -1.84. The maximum Gasteiger partial charge on any atom is 0.165 e. The Morgan fingerprint density at radius 1 is 1.30 bits per heavy atom. The van der Waals surface area contributed by atoms with E-state index in [4.69, 9.17) is 0 Å². The average molecular weight is 270 g/mol. The van der Waals surface area contributed by atoms with Gasteiger partial charge in [0.15, 0.2) is 5.82 Å². The van der Waals surface area contributed by atoms with E-state index >= 15 is 0 Å². The summed E-state index contributed by atoms with van der Waals surface area (Å²) in [5.41, 5.74) is 2.31. The molecule has 2 atom stereocenters. The predicted molar refractivity (Wildman–Crippen MR) is 81.5 cm³/mol. The summed E-state index contributed by atoms with van der Waals surface area (Å²) in [7, 11) is 1.98. The third-order valence-corrected chi connectivity index (χ3v) is 4.40. The van der Waals surface area contributed by atoms with Crippen LogP contribution < -0.4 is 5.32 Å². The molecule has 0 radical (unpaired) electrons. The van der Waals surface area contributed by atoms with E-state index in [2.05, 4.69) is 46.7 Å². The van der Waals surface area contributed by atoms with Crippen molar-refractivity contribution in [2.45, 2.75) is 38.6 Å². The van der Waals surface area contributed by atoms with Gasteiger partial charge in [-0.3, -0.25) is 0 Å². The first kappa shape index (κ1) is 13.2. The first-order valence-corrected chi connectivity index (χ1v) is 7.49. The number of aryl methyl sites for hydroxylation is 1. The minimum absolute atomic E-state index is 0.592. The van der Waals surface area contributed by atoms with Crippen molar-refractivity contribution in [3.8, 4) is 11.4 Å². The second-order valence-corrected chi connectivity index (χ2v) is 5.66. The molecule has 1 aliphatic rings. The minimum Gasteiger partial charge on any atom is -0.381 e. The highest BCUT2D eigenvalue weighted by Crippen LogP contribution is 2.33. The fourth-order valence-corrected chi connectivity index (χ4v) is 3.25. The molecule has 0 amide bonds. The van der Waals surface area contributed by atoms with Crippen LogP contribution in [0.2, 0.25) is 0 Å². The van der Waals surface area contributed by atoms with E-state index in [0.717, 1.165) is 17.3 Å². The molecule has 1 heterocycles. The summed E-state index contributed by atoms with van der Waals surface area (Å²) >= 11 is 0. The van der Waals surface area contributed by atoms with E-state index in [0.29, 0.717) is 6.04 Å². The van der Waals surface area contributed by atoms with E-state index in [1.807, 2.05) is 11.6 Å². The number of hydrogen-bond acceptors (Lipinski definition) is 3. The van der Waals surface area contributed by atoms with Crippen molar-refractivity contribution in [1.29, 1.82) is 0 Å². The summed E-state index contributed by atoms with van der Waals surface area (Å²) in [6.45, 7) is 2.29. The van der Waals surface area contributed by atoms with E-state index < -0.39 is 0 Å². The number of anilines is 1. The van der Waals surface area contributed by atoms with E-state index in [9.17, 15) is 0 Å². The van der Waals surface area contributed by atoms with Crippen LogP contribution in [0.4, 0.5) is 5.69 Å². The fourth-order valence-electron chi connectivity index (χ4n) is 3.25. The SMILES string of the molecule is CCC1CCCC1Nc1ccccc1-c1nncn1C. The summed E-state index contributed by atoms with van der Waals surface area (Å²) in [5.74, 6) is 1.71. The largest absolute Gasteiger partial charge is 0.381 e. The van der Waals surface area contributed by atoms with Gasteiger partial charge in [-0.2, -0.15) is 0 Å². The Bertz CT molecular complexity index is 575. The molecular weight excluding hydrogens is 248 g/mol. The molecular formula is C16H22N4. The van der Waals surface area contributed by atoms with Gasteiger partial charge in [-0.25, -0.2) is 0 Å². The highest BCUT2D eigenvalue weighted by atomic mass is 15.2. The van der Waals surface area contributed by atoms with Crippen LogP contribution >= 0.6 is 0 Å². The van der Waals surface area contributed by atoms with E-state index in [1.54, 1.807) is 6.33 Å². The number of hydrogen-bond donors (Lipinski definition) is 1. The number of aromatic nitrogens is 3. The number of para-hydroxylation sites is 1. The van der Waals surface area contributed by atoms with Crippen LogP contribution in [-0.2, 0) is 7.05 Å². The molecule has 1 N–H and O–H groups in total. The molecule has 0 bridgehead atoms. The molecule has 1 fully saturated rings. The van der Waals surface area contributed by atoms with Gasteiger partial charge >= 0.3 is 0 Å². The maximum absolute atomic E-state index is 4.23. The van der Waals surface area contributed by atoms with Crippen LogP contribution in [-0.4, -0.2) is 20.8 Å². The Balaban J connectivity index is 1.89. The fraction of sp³-hybridized carbons (Fsp3) is 0.500. The van der Waals surface area contributed by atoms with Gasteiger partial charge in [0.1, 0.15) is 6.33 Å². The Morgan fingerprint density at radius 2 is 2.15 bits per heavy atom. The molecule has 2 unspecified atom stereocenters. The van der Waals surface area contributed by atoms with Crippen molar-refractivity contribution in [3.05, 3.63) is 30.6 Å². The van der Waals surface area contributed by atoms with Gasteiger partial charge in [-0.05, 0) is 30.9 Å². The molecule has 20 heavy (non-hydrogen) atoms. The number of nitrogens with zero attached hydrogens (tertiary/aromatic N) is 3. The van der Waals surface area contributed by atoms with Crippen molar-refractivity contribution < 1.29 is 0 Å². The monoisotopic (exact) mass is 270 g/mol. The zero-order valence-corrected chi connectivity index (χ0v) is 12.2. The van der Waals surface area contributed by atoms with Gasteiger partial charge in [0.05, 0.1) is 0 Å². The van der Waals surface area contributed by atoms with Crippen molar-refractivity contribution in [3.63, 3.8) is 0 Å². The lowest BCUT2D eigenvalue weighted by Crippen LogP contribution is -2.23. The van der Waals surface area contributed by atoms with Crippen LogP contribution in [0.15, 0.2) is 30.6 Å². The van der Waals surface area contributed by atoms with E-state index in [-0.39, 0.29) is 0 Å². The number of nitrogens with one attached hydrogen (secondary N) is 1. The van der Waals surface area contributed by atoms with Crippen LogP contribution in [0.1, 0.15) is 32.6 Å². The van der Waals surface area contributed by atoms with Crippen LogP contribution in [0.5, 0.6) is 0 Å². The lowest BCUT2D eigenvalue weighted by Gasteiger charge is -2.22. The second-order valence-electron chi connectivity index (χ2n) is 5.66. The molecule has 1 saturated carbocycles. The number of benzene rings is 1. The van der Waals surface area contributed by atoms with Gasteiger partial charge in [-0.1, -0.05) is 31.9 Å². The molecule has 106 valence electrons. The Morgan fingerprint density at radius 3 is 2.90 bits per heavy atom. The zero-order valence-electron chi connectivity index (χ0n) is 12.2. The molecule has 0 aliphatic heterocycles. The van der Waals surface area contributed by atoms with Crippen molar-refractivity contribution >= 4 is 5.69 Å². The molecule has 4 heteroatoms. The van der Waals surface area contributed by atoms with Gasteiger partial charge in [0.2, 0.25) is 0 Å². The van der Waals surface area contributed by atoms with Gasteiger partial charge in [0.25, 0.3) is 0 Å². The molecule has 1 aromatic heterocycles. The maximum atomic E-state index is 4.23. The molecule has 0 spiro atoms. The normalized spacial score (nSPS) is 22.1. The standard InChI is InChI=1S/C16H22N4/c1-3-12-7-6-10-14(12)18-15-9-5-4-8-13(15)16-19-17-11-20(16)2/h4-5,8-9,11-12,14,18H,3,6-7,10H2,1-2H3. The molecule has 1 aromatic carbocycles. The lowest BCUT2D eigenvalue weighted by molar-refractivity contribution is 0.489. The van der Waals surface area contributed by atoms with Crippen LogP contribution in [0.25, 0.3) is 11.4 Å². The van der Waals surface area contributed by atoms with Crippen molar-refractivity contribution in [2.75, 3.05) is 5.32 Å². The Kier molecular flexibility index (Phi) is 3.72. The molecule has 1 aliphatic carbocycles. The highest BCUT2D eigenvalue weighted by molar-refractivity contribution is 5.73. The summed E-state index contributed by atoms with van der Waals surface area (Å²) in [6, 6.07) is 8.99. The van der Waals surface area contributed by atoms with Gasteiger partial charge < -0.3 is 9.88 Å². The van der Waals surface area contributed by atoms with Crippen LogP contribution in [0.3, 0.4) is 0 Å². The second kappa shape index (κ2) is 5.65. The summed E-state index contributed by atoms with van der Waals surface area (Å²) in [6.07, 6.45) is 6.95.